The highest BCUT2D eigenvalue weighted by atomic mass is 16.5. The number of β-amino-alcohol motifs (C(OH)–C–C–N with tert-alkyl or cyclic N) is 1. The normalized spacial score (nSPS) is 16.0. The van der Waals surface area contributed by atoms with Crippen LogP contribution in [-0.4, -0.2) is 64.6 Å². The molecule has 2 N–H and O–H groups in total. The summed E-state index contributed by atoms with van der Waals surface area (Å²) >= 11 is 0. The van der Waals surface area contributed by atoms with E-state index < -0.39 is 6.10 Å². The van der Waals surface area contributed by atoms with E-state index in [0.717, 1.165) is 79.7 Å². The molecule has 1 atom stereocenters. The number of carbonyl (C=O) groups excluding carboxylic acids is 1. The smallest absolute Gasteiger partial charge is 0.181 e. The van der Waals surface area contributed by atoms with Crippen LogP contribution in [0.4, 0.5) is 11.6 Å². The SMILES string of the molecule is CCCN(C)c1cc(C(=O)CC[C@H](O)CN2CCc3c(ccc(OCc4ocnc4C)c3C)C2)cc(NC2CCC2)n1. The molecule has 1 aromatic carbocycles. The number of nitrogens with one attached hydrogen (secondary N) is 1. The average Bonchev–Trinajstić information content (AvgIpc) is 3.37. The predicted octanol–water partition coefficient (Wildman–Crippen LogP) is 5.46. The molecule has 2 aromatic heterocycles. The lowest BCUT2D eigenvalue weighted by atomic mass is 9.93. The molecule has 226 valence electrons. The van der Waals surface area contributed by atoms with E-state index in [1.165, 1.54) is 23.9 Å². The molecule has 0 amide bonds. The fourth-order valence-electron chi connectivity index (χ4n) is 5.79. The quantitative estimate of drug-likeness (QED) is 0.243. The Hall–Kier alpha value is -3.43. The zero-order valence-corrected chi connectivity index (χ0v) is 25.5. The number of aryl methyl sites for hydroxylation is 1. The van der Waals surface area contributed by atoms with E-state index in [4.69, 9.17) is 14.1 Å². The van der Waals surface area contributed by atoms with Gasteiger partial charge in [-0.3, -0.25) is 9.69 Å². The molecule has 0 saturated heterocycles. The van der Waals surface area contributed by atoms with Crippen molar-refractivity contribution in [1.82, 2.24) is 14.9 Å². The van der Waals surface area contributed by atoms with Gasteiger partial charge in [-0.15, -0.1) is 0 Å². The van der Waals surface area contributed by atoms with Crippen molar-refractivity contribution in [3.8, 4) is 5.75 Å². The molecule has 2 aliphatic rings. The summed E-state index contributed by atoms with van der Waals surface area (Å²) in [5, 5.41) is 14.4. The average molecular weight is 576 g/mol. The fourth-order valence-corrected chi connectivity index (χ4v) is 5.79. The van der Waals surface area contributed by atoms with Crippen LogP contribution in [0.5, 0.6) is 5.75 Å². The first-order chi connectivity index (χ1) is 20.3. The van der Waals surface area contributed by atoms with Gasteiger partial charge in [-0.25, -0.2) is 9.97 Å². The van der Waals surface area contributed by atoms with Crippen LogP contribution < -0.4 is 15.0 Å². The van der Waals surface area contributed by atoms with Gasteiger partial charge in [0, 0.05) is 51.3 Å². The third kappa shape index (κ3) is 7.31. The minimum Gasteiger partial charge on any atom is -0.485 e. The summed E-state index contributed by atoms with van der Waals surface area (Å²) in [6, 6.07) is 8.36. The number of oxazole rings is 1. The van der Waals surface area contributed by atoms with Crippen LogP contribution in [0.25, 0.3) is 0 Å². The Balaban J connectivity index is 1.15. The molecule has 1 aliphatic carbocycles. The number of ether oxygens (including phenoxy) is 1. The third-order valence-electron chi connectivity index (χ3n) is 8.64. The Morgan fingerprint density at radius 2 is 2.12 bits per heavy atom. The molecule has 3 aromatic rings. The number of benzene rings is 1. The molecular formula is C33H45N5O4. The monoisotopic (exact) mass is 575 g/mol. The van der Waals surface area contributed by atoms with E-state index in [0.29, 0.717) is 37.6 Å². The van der Waals surface area contributed by atoms with Crippen LogP contribution >= 0.6 is 0 Å². The fraction of sp³-hybridized carbons (Fsp3) is 0.545. The molecule has 5 rings (SSSR count). The first-order valence-electron chi connectivity index (χ1n) is 15.4. The van der Waals surface area contributed by atoms with Crippen molar-refractivity contribution in [2.75, 3.05) is 36.9 Å². The van der Waals surface area contributed by atoms with Gasteiger partial charge in [0.05, 0.1) is 11.8 Å². The maximum absolute atomic E-state index is 13.3. The van der Waals surface area contributed by atoms with Crippen LogP contribution in [0.15, 0.2) is 35.1 Å². The highest BCUT2D eigenvalue weighted by Gasteiger charge is 2.23. The van der Waals surface area contributed by atoms with Gasteiger partial charge in [-0.2, -0.15) is 0 Å². The molecule has 9 nitrogen and oxygen atoms in total. The van der Waals surface area contributed by atoms with Crippen molar-refractivity contribution in [2.45, 2.75) is 91.0 Å². The van der Waals surface area contributed by atoms with Gasteiger partial charge >= 0.3 is 0 Å². The molecule has 9 heteroatoms. The molecule has 1 fully saturated rings. The standard InChI is InChI=1S/C33H45N5O4/c1-5-14-37(4)33-17-25(16-32(36-33)35-26-7-6-8-26)29(40)11-10-27(39)19-38-15-13-28-22(2)30(12-9-24(28)18-38)41-20-31-23(3)34-21-42-31/h9,12,16-17,21,26-27,39H,5-8,10-11,13-15,18-20H2,1-4H3,(H,35,36)/t27-/m0/s1. The molecule has 0 bridgehead atoms. The van der Waals surface area contributed by atoms with Gasteiger partial charge in [0.2, 0.25) is 0 Å². The van der Waals surface area contributed by atoms with Crippen molar-refractivity contribution in [3.63, 3.8) is 0 Å². The summed E-state index contributed by atoms with van der Waals surface area (Å²) in [5.74, 6) is 3.24. The van der Waals surface area contributed by atoms with E-state index in [2.05, 4.69) is 40.0 Å². The molecule has 1 aliphatic heterocycles. The highest BCUT2D eigenvalue weighted by molar-refractivity contribution is 5.97. The van der Waals surface area contributed by atoms with Gasteiger partial charge in [0.15, 0.2) is 17.9 Å². The van der Waals surface area contributed by atoms with E-state index in [1.807, 2.05) is 32.2 Å². The van der Waals surface area contributed by atoms with Crippen molar-refractivity contribution >= 4 is 17.4 Å². The second-order valence-corrected chi connectivity index (χ2v) is 11.9. The van der Waals surface area contributed by atoms with E-state index in [-0.39, 0.29) is 5.78 Å². The number of rotatable bonds is 14. The minimum absolute atomic E-state index is 0.0481. The highest BCUT2D eigenvalue weighted by Crippen LogP contribution is 2.30. The summed E-state index contributed by atoms with van der Waals surface area (Å²) in [5.41, 5.74) is 5.24. The van der Waals surface area contributed by atoms with Crippen LogP contribution in [0, 0.1) is 13.8 Å². The number of pyridine rings is 1. The van der Waals surface area contributed by atoms with Crippen molar-refractivity contribution < 1.29 is 19.1 Å². The molecule has 42 heavy (non-hydrogen) atoms. The maximum Gasteiger partial charge on any atom is 0.181 e. The molecule has 1 saturated carbocycles. The van der Waals surface area contributed by atoms with Gasteiger partial charge in [-0.05, 0) is 87.3 Å². The predicted molar refractivity (Wildman–Crippen MR) is 164 cm³/mol. The number of anilines is 2. The van der Waals surface area contributed by atoms with Gasteiger partial charge in [0.1, 0.15) is 24.0 Å². The topological polar surface area (TPSA) is 104 Å². The number of hydrogen-bond donors (Lipinski definition) is 2. The van der Waals surface area contributed by atoms with E-state index >= 15 is 0 Å². The van der Waals surface area contributed by atoms with Crippen LogP contribution in [0.2, 0.25) is 0 Å². The first kappa shape index (κ1) is 30.0. The summed E-state index contributed by atoms with van der Waals surface area (Å²) in [7, 11) is 2.02. The number of aliphatic hydroxyl groups excluding tert-OH is 1. The van der Waals surface area contributed by atoms with Crippen molar-refractivity contribution in [2.24, 2.45) is 0 Å². The molecular weight excluding hydrogens is 530 g/mol. The number of Topliss-reactive ketones (excluding diaryl/α,β-unsaturated/α-hetero) is 1. The van der Waals surface area contributed by atoms with Crippen molar-refractivity contribution in [1.29, 1.82) is 0 Å². The molecule has 3 heterocycles. The number of hydrogen-bond acceptors (Lipinski definition) is 9. The van der Waals surface area contributed by atoms with Gasteiger partial charge < -0.3 is 24.5 Å². The zero-order chi connectivity index (χ0) is 29.6. The molecule has 0 radical (unpaired) electrons. The summed E-state index contributed by atoms with van der Waals surface area (Å²) in [4.78, 5) is 26.5. The Bertz CT molecular complexity index is 1370. The number of fused-ring (bicyclic) bond motifs is 1. The molecule has 0 unspecified atom stereocenters. The Kier molecular flexibility index (Phi) is 9.80. The number of carbonyl (C=O) groups is 1. The van der Waals surface area contributed by atoms with Crippen LogP contribution in [0.1, 0.15) is 84.0 Å². The van der Waals surface area contributed by atoms with Gasteiger partial charge in [0.25, 0.3) is 0 Å². The Morgan fingerprint density at radius 3 is 2.83 bits per heavy atom. The second-order valence-electron chi connectivity index (χ2n) is 11.9. The second kappa shape index (κ2) is 13.7. The lowest BCUT2D eigenvalue weighted by Gasteiger charge is -2.31. The molecule has 0 spiro atoms. The number of aliphatic hydroxyl groups is 1. The summed E-state index contributed by atoms with van der Waals surface area (Å²) in [6.45, 7) is 9.57. The Labute approximate surface area is 249 Å². The largest absolute Gasteiger partial charge is 0.485 e. The summed E-state index contributed by atoms with van der Waals surface area (Å²) < 4.78 is 11.5. The third-order valence-corrected chi connectivity index (χ3v) is 8.64. The van der Waals surface area contributed by atoms with E-state index in [9.17, 15) is 9.90 Å². The van der Waals surface area contributed by atoms with Crippen molar-refractivity contribution in [3.05, 3.63) is 64.4 Å². The van der Waals surface area contributed by atoms with E-state index in [1.54, 1.807) is 0 Å². The Morgan fingerprint density at radius 1 is 1.29 bits per heavy atom. The summed E-state index contributed by atoms with van der Waals surface area (Å²) in [6.07, 6.45) is 7.04. The number of ketones is 1. The maximum atomic E-state index is 13.3. The minimum atomic E-state index is -0.569. The number of aromatic nitrogens is 2. The zero-order valence-electron chi connectivity index (χ0n) is 25.5. The van der Waals surface area contributed by atoms with Gasteiger partial charge in [-0.1, -0.05) is 13.0 Å². The lowest BCUT2D eigenvalue weighted by Crippen LogP contribution is -2.37. The first-order valence-corrected chi connectivity index (χ1v) is 15.4. The lowest BCUT2D eigenvalue weighted by molar-refractivity contribution is 0.0836. The number of nitrogens with zero attached hydrogens (tertiary/aromatic N) is 4. The van der Waals surface area contributed by atoms with Crippen LogP contribution in [0.3, 0.4) is 0 Å². The van der Waals surface area contributed by atoms with Crippen LogP contribution in [-0.2, 0) is 19.6 Å².